The summed E-state index contributed by atoms with van der Waals surface area (Å²) >= 11 is 0. The molecule has 1 aliphatic rings. The highest BCUT2D eigenvalue weighted by molar-refractivity contribution is 7.89. The number of sulfonamides is 1. The zero-order chi connectivity index (χ0) is 21.2. The molecule has 3 rings (SSSR count). The van der Waals surface area contributed by atoms with Crippen LogP contribution < -0.4 is 5.32 Å². The van der Waals surface area contributed by atoms with Crippen LogP contribution in [0, 0.1) is 13.8 Å². The molecule has 0 saturated carbocycles. The lowest BCUT2D eigenvalue weighted by Crippen LogP contribution is -2.49. The molecule has 10 nitrogen and oxygen atoms in total. The Hall–Kier alpha value is -2.11. The molecular weight excluding hydrogens is 396 g/mol. The third kappa shape index (κ3) is 5.09. The molecule has 1 aliphatic heterocycles. The van der Waals surface area contributed by atoms with Gasteiger partial charge in [0.25, 0.3) is 5.78 Å². The molecule has 11 heteroatoms. The average Bonchev–Trinajstić information content (AvgIpc) is 3.09. The van der Waals surface area contributed by atoms with Gasteiger partial charge in [-0.15, -0.1) is 0 Å². The van der Waals surface area contributed by atoms with Crippen LogP contribution in [0.3, 0.4) is 0 Å². The third-order valence-corrected chi connectivity index (χ3v) is 6.86. The fourth-order valence-electron chi connectivity index (χ4n) is 3.65. The van der Waals surface area contributed by atoms with Gasteiger partial charge in [-0.05, 0) is 39.7 Å². The number of morpholine rings is 1. The molecule has 0 aliphatic carbocycles. The van der Waals surface area contributed by atoms with E-state index >= 15 is 0 Å². The minimum atomic E-state index is -3.43. The van der Waals surface area contributed by atoms with Crippen molar-refractivity contribution in [1.29, 1.82) is 0 Å². The van der Waals surface area contributed by atoms with Crippen molar-refractivity contribution in [3.8, 4) is 0 Å². The summed E-state index contributed by atoms with van der Waals surface area (Å²) in [5.74, 6) is 0.217. The van der Waals surface area contributed by atoms with E-state index < -0.39 is 10.0 Å². The van der Waals surface area contributed by atoms with E-state index in [1.54, 1.807) is 4.52 Å². The highest BCUT2D eigenvalue weighted by Crippen LogP contribution is 2.16. The molecule has 3 heterocycles. The second kappa shape index (κ2) is 8.72. The first kappa shape index (κ1) is 21.6. The van der Waals surface area contributed by atoms with Crippen molar-refractivity contribution in [2.45, 2.75) is 52.7 Å². The van der Waals surface area contributed by atoms with Gasteiger partial charge < -0.3 is 10.1 Å². The largest absolute Gasteiger partial charge is 0.373 e. The molecule has 1 fully saturated rings. The fourth-order valence-corrected chi connectivity index (χ4v) is 5.14. The summed E-state index contributed by atoms with van der Waals surface area (Å²) in [6, 6.07) is 0. The predicted octanol–water partition coefficient (Wildman–Crippen LogP) is 0.229. The van der Waals surface area contributed by atoms with E-state index in [2.05, 4.69) is 20.4 Å². The summed E-state index contributed by atoms with van der Waals surface area (Å²) < 4.78 is 33.7. The molecule has 2 aromatic rings. The number of aromatic nitrogens is 4. The predicted molar refractivity (Wildman–Crippen MR) is 107 cm³/mol. The molecule has 1 N–H and O–H groups in total. The van der Waals surface area contributed by atoms with Crippen molar-refractivity contribution in [3.63, 3.8) is 0 Å². The number of nitrogens with one attached hydrogen (secondary N) is 1. The fraction of sp³-hybridized carbons (Fsp3) is 0.667. The first-order valence-electron chi connectivity index (χ1n) is 9.73. The smallest absolute Gasteiger partial charge is 0.252 e. The zero-order valence-corrected chi connectivity index (χ0v) is 18.1. The average molecular weight is 425 g/mol. The lowest BCUT2D eigenvalue weighted by molar-refractivity contribution is -0.120. The maximum atomic E-state index is 12.5. The number of fused-ring (bicyclic) bond motifs is 1. The quantitative estimate of drug-likeness (QED) is 0.676. The van der Waals surface area contributed by atoms with E-state index in [1.807, 2.05) is 27.7 Å². The topological polar surface area (TPSA) is 119 Å². The number of hydrogen-bond acceptors (Lipinski definition) is 7. The number of aryl methyl sites for hydroxylation is 2. The van der Waals surface area contributed by atoms with Gasteiger partial charge in [0.15, 0.2) is 0 Å². The van der Waals surface area contributed by atoms with Gasteiger partial charge in [0, 0.05) is 37.4 Å². The first-order valence-corrected chi connectivity index (χ1v) is 11.3. The molecule has 2 atom stereocenters. The van der Waals surface area contributed by atoms with Crippen LogP contribution in [0.2, 0.25) is 0 Å². The van der Waals surface area contributed by atoms with Gasteiger partial charge in [-0.2, -0.15) is 14.4 Å². The van der Waals surface area contributed by atoms with Crippen molar-refractivity contribution in [1.82, 2.24) is 29.2 Å². The molecule has 1 saturated heterocycles. The van der Waals surface area contributed by atoms with Gasteiger partial charge in [-0.25, -0.2) is 17.9 Å². The number of carbonyl (C=O) groups excluding carboxylic acids is 1. The molecule has 160 valence electrons. The van der Waals surface area contributed by atoms with E-state index in [0.717, 1.165) is 17.0 Å². The van der Waals surface area contributed by atoms with E-state index in [4.69, 9.17) is 4.74 Å². The van der Waals surface area contributed by atoms with E-state index in [9.17, 15) is 13.2 Å². The molecule has 0 bridgehead atoms. The van der Waals surface area contributed by atoms with Gasteiger partial charge >= 0.3 is 0 Å². The number of rotatable bonds is 7. The van der Waals surface area contributed by atoms with Crippen LogP contribution in [0.4, 0.5) is 0 Å². The molecule has 0 spiro atoms. The van der Waals surface area contributed by atoms with Crippen LogP contribution >= 0.6 is 0 Å². The SMILES string of the molecule is Cc1nc2ncnn2c(C)c1CCC(=O)NCCS(=O)(=O)N1CC(C)OC(C)C1. The molecule has 2 aromatic heterocycles. The van der Waals surface area contributed by atoms with Gasteiger partial charge in [0.2, 0.25) is 15.9 Å². The summed E-state index contributed by atoms with van der Waals surface area (Å²) in [4.78, 5) is 20.7. The Kier molecular flexibility index (Phi) is 6.49. The Morgan fingerprint density at radius 2 is 1.97 bits per heavy atom. The third-order valence-electron chi connectivity index (χ3n) is 5.05. The lowest BCUT2D eigenvalue weighted by atomic mass is 10.1. The van der Waals surface area contributed by atoms with Crippen LogP contribution in [0.1, 0.15) is 37.2 Å². The highest BCUT2D eigenvalue weighted by Gasteiger charge is 2.30. The maximum absolute atomic E-state index is 12.5. The van der Waals surface area contributed by atoms with Gasteiger partial charge in [-0.1, -0.05) is 0 Å². The highest BCUT2D eigenvalue weighted by atomic mass is 32.2. The summed E-state index contributed by atoms with van der Waals surface area (Å²) in [5, 5.41) is 6.85. The molecular formula is C18H28N6O4S. The van der Waals surface area contributed by atoms with E-state index in [0.29, 0.717) is 25.3 Å². The van der Waals surface area contributed by atoms with Crippen LogP contribution in [0.25, 0.3) is 5.78 Å². The van der Waals surface area contributed by atoms with Crippen molar-refractivity contribution in [3.05, 3.63) is 23.3 Å². The molecule has 2 unspecified atom stereocenters. The second-order valence-corrected chi connectivity index (χ2v) is 9.56. The van der Waals surface area contributed by atoms with Gasteiger partial charge in [0.1, 0.15) is 6.33 Å². The molecule has 1 amide bonds. The summed E-state index contributed by atoms with van der Waals surface area (Å²) in [7, 11) is -3.43. The maximum Gasteiger partial charge on any atom is 0.252 e. The van der Waals surface area contributed by atoms with E-state index in [1.165, 1.54) is 10.6 Å². The Morgan fingerprint density at radius 1 is 1.28 bits per heavy atom. The van der Waals surface area contributed by atoms with Crippen LogP contribution in [-0.4, -0.2) is 75.8 Å². The number of hydrogen-bond donors (Lipinski definition) is 1. The Morgan fingerprint density at radius 3 is 2.66 bits per heavy atom. The molecule has 0 aromatic carbocycles. The Balaban J connectivity index is 1.50. The van der Waals surface area contributed by atoms with Crippen molar-refractivity contribution in [2.75, 3.05) is 25.4 Å². The summed E-state index contributed by atoms with van der Waals surface area (Å²) in [5.41, 5.74) is 2.66. The minimum absolute atomic E-state index is 0.0829. The standard InChI is InChI=1S/C18H28N6O4S/c1-12-9-23(10-13(2)28-12)29(26,27)8-7-19-17(25)6-5-16-14(3)22-18-20-11-21-24(18)15(16)4/h11-13H,5-10H2,1-4H3,(H,19,25). The number of ether oxygens (including phenoxy) is 1. The van der Waals surface area contributed by atoms with Gasteiger partial charge in [-0.3, -0.25) is 4.79 Å². The number of amides is 1. The van der Waals surface area contributed by atoms with Crippen molar-refractivity contribution < 1.29 is 17.9 Å². The monoisotopic (exact) mass is 424 g/mol. The zero-order valence-electron chi connectivity index (χ0n) is 17.3. The van der Waals surface area contributed by atoms with E-state index in [-0.39, 0.29) is 36.8 Å². The van der Waals surface area contributed by atoms with Crippen molar-refractivity contribution in [2.24, 2.45) is 0 Å². The first-order chi connectivity index (χ1) is 13.7. The summed E-state index contributed by atoms with van der Waals surface area (Å²) in [6.07, 6.45) is 1.92. The number of nitrogens with zero attached hydrogens (tertiary/aromatic N) is 5. The Bertz CT molecular complexity index is 980. The van der Waals surface area contributed by atoms with Gasteiger partial charge in [0.05, 0.1) is 18.0 Å². The Labute approximate surface area is 170 Å². The second-order valence-electron chi connectivity index (χ2n) is 7.47. The number of carbonyl (C=O) groups is 1. The van der Waals surface area contributed by atoms with Crippen LogP contribution in [0.15, 0.2) is 6.33 Å². The lowest BCUT2D eigenvalue weighted by Gasteiger charge is -2.34. The molecule has 0 radical (unpaired) electrons. The van der Waals surface area contributed by atoms with Crippen molar-refractivity contribution >= 4 is 21.7 Å². The minimum Gasteiger partial charge on any atom is -0.373 e. The van der Waals surface area contributed by atoms with Crippen LogP contribution in [0.5, 0.6) is 0 Å². The normalized spacial score (nSPS) is 20.8. The summed E-state index contributed by atoms with van der Waals surface area (Å²) in [6.45, 7) is 8.28. The van der Waals surface area contributed by atoms with Crippen LogP contribution in [-0.2, 0) is 26.0 Å². The molecule has 29 heavy (non-hydrogen) atoms.